The van der Waals surface area contributed by atoms with E-state index >= 15 is 0 Å². The number of aliphatic hydroxyl groups is 1. The fourth-order valence-electron chi connectivity index (χ4n) is 1.69. The number of hydrogen-bond donors (Lipinski definition) is 2. The lowest BCUT2D eigenvalue weighted by Gasteiger charge is -2.18. The van der Waals surface area contributed by atoms with E-state index in [1.807, 2.05) is 6.92 Å². The summed E-state index contributed by atoms with van der Waals surface area (Å²) in [5.74, 6) is -2.68. The predicted molar refractivity (Wildman–Crippen MR) is 69.2 cm³/mol. The molecular weight excluding hydrogens is 290 g/mol. The summed E-state index contributed by atoms with van der Waals surface area (Å²) in [7, 11) is 0. The number of hydrogen-bond acceptors (Lipinski definition) is 2. The third kappa shape index (κ3) is 4.42. The molecule has 2 unspecified atom stereocenters. The summed E-state index contributed by atoms with van der Waals surface area (Å²) in [4.78, 5) is 11.7. The zero-order valence-electron chi connectivity index (χ0n) is 11.7. The zero-order valence-corrected chi connectivity index (χ0v) is 11.7. The standard InChI is InChI=1S/C14H17F4NO2/c1-3-8(2)11(20)7-19-13(21)9-5-4-6-10(12(9)15)14(16,17)18/h4-6,8,11,20H,3,7H2,1-2H3,(H,19,21). The van der Waals surface area contributed by atoms with Crippen molar-refractivity contribution < 1.29 is 27.5 Å². The number of halogens is 4. The highest BCUT2D eigenvalue weighted by Gasteiger charge is 2.35. The van der Waals surface area contributed by atoms with Crippen molar-refractivity contribution >= 4 is 5.91 Å². The lowest BCUT2D eigenvalue weighted by molar-refractivity contribution is -0.140. The normalized spacial score (nSPS) is 14.6. The van der Waals surface area contributed by atoms with Crippen LogP contribution in [0.25, 0.3) is 0 Å². The second-order valence-corrected chi connectivity index (χ2v) is 4.83. The molecule has 0 saturated carbocycles. The number of aliphatic hydroxyl groups excluding tert-OH is 1. The highest BCUT2D eigenvalue weighted by Crippen LogP contribution is 2.32. The van der Waals surface area contributed by atoms with Gasteiger partial charge in [0.2, 0.25) is 0 Å². The number of amides is 1. The molecule has 1 aromatic rings. The second kappa shape index (κ2) is 6.89. The van der Waals surface area contributed by atoms with Gasteiger partial charge in [0.1, 0.15) is 5.82 Å². The molecule has 0 aromatic heterocycles. The SMILES string of the molecule is CCC(C)C(O)CNC(=O)c1cccc(C(F)(F)F)c1F. The molecule has 0 aliphatic heterocycles. The molecule has 1 amide bonds. The molecule has 7 heteroatoms. The largest absolute Gasteiger partial charge is 0.419 e. The fraction of sp³-hybridized carbons (Fsp3) is 0.500. The van der Waals surface area contributed by atoms with Gasteiger partial charge in [-0.3, -0.25) is 4.79 Å². The van der Waals surface area contributed by atoms with Crippen molar-refractivity contribution in [2.75, 3.05) is 6.54 Å². The van der Waals surface area contributed by atoms with Crippen LogP contribution in [0.3, 0.4) is 0 Å². The Morgan fingerprint density at radius 1 is 1.38 bits per heavy atom. The summed E-state index contributed by atoms with van der Waals surface area (Å²) in [5.41, 5.74) is -2.18. The molecule has 0 radical (unpaired) electrons. The van der Waals surface area contributed by atoms with Crippen LogP contribution in [0.2, 0.25) is 0 Å². The number of rotatable bonds is 5. The van der Waals surface area contributed by atoms with Crippen LogP contribution in [-0.4, -0.2) is 23.7 Å². The molecule has 118 valence electrons. The minimum Gasteiger partial charge on any atom is -0.391 e. The molecule has 0 saturated heterocycles. The second-order valence-electron chi connectivity index (χ2n) is 4.83. The van der Waals surface area contributed by atoms with E-state index in [9.17, 15) is 27.5 Å². The average molecular weight is 307 g/mol. The third-order valence-corrected chi connectivity index (χ3v) is 3.32. The van der Waals surface area contributed by atoms with Crippen molar-refractivity contribution in [2.45, 2.75) is 32.5 Å². The Morgan fingerprint density at radius 2 is 2.00 bits per heavy atom. The number of alkyl halides is 3. The van der Waals surface area contributed by atoms with Crippen LogP contribution in [0, 0.1) is 11.7 Å². The monoisotopic (exact) mass is 307 g/mol. The lowest BCUT2D eigenvalue weighted by atomic mass is 10.0. The molecule has 1 rings (SSSR count). The van der Waals surface area contributed by atoms with Gasteiger partial charge in [0.15, 0.2) is 0 Å². The Morgan fingerprint density at radius 3 is 2.52 bits per heavy atom. The van der Waals surface area contributed by atoms with Crippen molar-refractivity contribution in [1.82, 2.24) is 5.32 Å². The average Bonchev–Trinajstić information content (AvgIpc) is 2.42. The maximum Gasteiger partial charge on any atom is 0.419 e. The molecule has 0 heterocycles. The smallest absolute Gasteiger partial charge is 0.391 e. The van der Waals surface area contributed by atoms with Crippen molar-refractivity contribution in [3.05, 3.63) is 35.1 Å². The van der Waals surface area contributed by atoms with Crippen molar-refractivity contribution in [1.29, 1.82) is 0 Å². The molecule has 0 fully saturated rings. The Labute approximate surface area is 120 Å². The van der Waals surface area contributed by atoms with Gasteiger partial charge in [0.05, 0.1) is 17.2 Å². The first-order valence-electron chi connectivity index (χ1n) is 6.50. The number of benzene rings is 1. The van der Waals surface area contributed by atoms with Gasteiger partial charge in [0.25, 0.3) is 5.91 Å². The van der Waals surface area contributed by atoms with E-state index < -0.39 is 35.1 Å². The summed E-state index contributed by atoms with van der Waals surface area (Å²) >= 11 is 0. The lowest BCUT2D eigenvalue weighted by Crippen LogP contribution is -2.35. The molecule has 1 aromatic carbocycles. The van der Waals surface area contributed by atoms with E-state index in [0.717, 1.165) is 12.1 Å². The van der Waals surface area contributed by atoms with Gasteiger partial charge in [-0.2, -0.15) is 13.2 Å². The van der Waals surface area contributed by atoms with Crippen LogP contribution in [0.4, 0.5) is 17.6 Å². The Bertz CT molecular complexity index is 502. The molecule has 0 aliphatic carbocycles. The van der Waals surface area contributed by atoms with Gasteiger partial charge in [-0.1, -0.05) is 26.3 Å². The van der Waals surface area contributed by atoms with Crippen LogP contribution in [0.15, 0.2) is 18.2 Å². The van der Waals surface area contributed by atoms with E-state index in [4.69, 9.17) is 0 Å². The molecule has 0 spiro atoms. The van der Waals surface area contributed by atoms with Crippen molar-refractivity contribution in [2.24, 2.45) is 5.92 Å². The fourth-order valence-corrected chi connectivity index (χ4v) is 1.69. The van der Waals surface area contributed by atoms with E-state index in [-0.39, 0.29) is 12.5 Å². The number of carbonyl (C=O) groups is 1. The highest BCUT2D eigenvalue weighted by atomic mass is 19.4. The molecule has 0 aliphatic rings. The zero-order chi connectivity index (χ0) is 16.2. The number of nitrogens with one attached hydrogen (secondary N) is 1. The van der Waals surface area contributed by atoms with Gasteiger partial charge < -0.3 is 10.4 Å². The summed E-state index contributed by atoms with van der Waals surface area (Å²) in [6, 6.07) is 2.50. The maximum atomic E-state index is 13.7. The van der Waals surface area contributed by atoms with Crippen LogP contribution in [0.5, 0.6) is 0 Å². The minimum absolute atomic E-state index is 0.0864. The first-order chi connectivity index (χ1) is 9.68. The highest BCUT2D eigenvalue weighted by molar-refractivity contribution is 5.94. The minimum atomic E-state index is -4.86. The van der Waals surface area contributed by atoms with Crippen LogP contribution >= 0.6 is 0 Å². The van der Waals surface area contributed by atoms with Crippen molar-refractivity contribution in [3.8, 4) is 0 Å². The molecule has 2 N–H and O–H groups in total. The van der Waals surface area contributed by atoms with Gasteiger partial charge in [-0.15, -0.1) is 0 Å². The Balaban J connectivity index is 2.85. The third-order valence-electron chi connectivity index (χ3n) is 3.32. The van der Waals surface area contributed by atoms with Crippen LogP contribution in [-0.2, 0) is 6.18 Å². The van der Waals surface area contributed by atoms with E-state index in [1.165, 1.54) is 0 Å². The van der Waals surface area contributed by atoms with E-state index in [1.54, 1.807) is 6.92 Å². The predicted octanol–water partition coefficient (Wildman–Crippen LogP) is 2.98. The van der Waals surface area contributed by atoms with E-state index in [0.29, 0.717) is 12.5 Å². The molecule has 21 heavy (non-hydrogen) atoms. The molecule has 3 nitrogen and oxygen atoms in total. The summed E-state index contributed by atoms with van der Waals surface area (Å²) in [6.07, 6.45) is -5.03. The topological polar surface area (TPSA) is 49.3 Å². The summed E-state index contributed by atoms with van der Waals surface area (Å²) in [6.45, 7) is 3.47. The molecule has 2 atom stereocenters. The summed E-state index contributed by atoms with van der Waals surface area (Å²) < 4.78 is 51.4. The van der Waals surface area contributed by atoms with Crippen molar-refractivity contribution in [3.63, 3.8) is 0 Å². The maximum absolute atomic E-state index is 13.7. The van der Waals surface area contributed by atoms with Crippen LogP contribution < -0.4 is 5.32 Å². The Hall–Kier alpha value is -1.63. The first-order valence-corrected chi connectivity index (χ1v) is 6.50. The first kappa shape index (κ1) is 17.4. The number of carbonyl (C=O) groups excluding carboxylic acids is 1. The molecular formula is C14H17F4NO2. The van der Waals surface area contributed by atoms with Gasteiger partial charge in [-0.05, 0) is 18.1 Å². The Kier molecular flexibility index (Phi) is 5.71. The van der Waals surface area contributed by atoms with Crippen LogP contribution in [0.1, 0.15) is 36.2 Å². The summed E-state index contributed by atoms with van der Waals surface area (Å²) in [5, 5.41) is 11.9. The van der Waals surface area contributed by atoms with E-state index in [2.05, 4.69) is 5.32 Å². The van der Waals surface area contributed by atoms with Gasteiger partial charge >= 0.3 is 6.18 Å². The quantitative estimate of drug-likeness (QED) is 0.822. The van der Waals surface area contributed by atoms with Gasteiger partial charge in [0, 0.05) is 6.54 Å². The molecule has 0 bridgehead atoms. The van der Waals surface area contributed by atoms with Gasteiger partial charge in [-0.25, -0.2) is 4.39 Å².